The van der Waals surface area contributed by atoms with Crippen LogP contribution in [0.5, 0.6) is 0 Å². The summed E-state index contributed by atoms with van der Waals surface area (Å²) in [5.41, 5.74) is 0.455. The molecule has 0 aromatic rings. The van der Waals surface area contributed by atoms with E-state index in [2.05, 4.69) is 20.8 Å². The molecule has 11 heavy (non-hydrogen) atoms. The molecule has 0 amide bonds. The lowest BCUT2D eigenvalue weighted by molar-refractivity contribution is -0.121. The molecule has 2 saturated carbocycles. The SMILES string of the molecule is CC(C)[C@]12CC(=O)[C@@H](C)C1C2. The Balaban J connectivity index is 2.20. The molecule has 0 heterocycles. The van der Waals surface area contributed by atoms with Crippen molar-refractivity contribution in [1.29, 1.82) is 0 Å². The van der Waals surface area contributed by atoms with Crippen molar-refractivity contribution in [3.8, 4) is 0 Å². The fourth-order valence-corrected chi connectivity index (χ4v) is 2.81. The Bertz CT molecular complexity index is 207. The molecular weight excluding hydrogens is 136 g/mol. The van der Waals surface area contributed by atoms with E-state index in [-0.39, 0.29) is 0 Å². The fraction of sp³-hybridized carbons (Fsp3) is 0.900. The summed E-state index contributed by atoms with van der Waals surface area (Å²) < 4.78 is 0. The summed E-state index contributed by atoms with van der Waals surface area (Å²) in [5, 5.41) is 0. The van der Waals surface area contributed by atoms with Crippen molar-refractivity contribution >= 4 is 5.78 Å². The van der Waals surface area contributed by atoms with Crippen LogP contribution in [0.2, 0.25) is 0 Å². The fourth-order valence-electron chi connectivity index (χ4n) is 2.81. The summed E-state index contributed by atoms with van der Waals surface area (Å²) in [5.74, 6) is 2.34. The van der Waals surface area contributed by atoms with Gasteiger partial charge < -0.3 is 0 Å². The molecule has 1 unspecified atom stereocenters. The lowest BCUT2D eigenvalue weighted by Crippen LogP contribution is -2.10. The third kappa shape index (κ3) is 0.743. The molecular formula is C10H16O. The van der Waals surface area contributed by atoms with E-state index in [1.54, 1.807) is 0 Å². The molecule has 2 aliphatic carbocycles. The lowest BCUT2D eigenvalue weighted by atomic mass is 9.90. The molecule has 1 nitrogen and oxygen atoms in total. The van der Waals surface area contributed by atoms with E-state index in [4.69, 9.17) is 0 Å². The second kappa shape index (κ2) is 1.88. The van der Waals surface area contributed by atoms with Crippen molar-refractivity contribution in [1.82, 2.24) is 0 Å². The van der Waals surface area contributed by atoms with Crippen LogP contribution >= 0.6 is 0 Å². The molecule has 0 N–H and O–H groups in total. The summed E-state index contributed by atoms with van der Waals surface area (Å²) in [7, 11) is 0. The Hall–Kier alpha value is -0.330. The smallest absolute Gasteiger partial charge is 0.136 e. The number of hydrogen-bond acceptors (Lipinski definition) is 1. The first-order valence-corrected chi connectivity index (χ1v) is 4.60. The van der Waals surface area contributed by atoms with E-state index in [9.17, 15) is 4.79 Å². The summed E-state index contributed by atoms with van der Waals surface area (Å²) in [6.45, 7) is 6.61. The van der Waals surface area contributed by atoms with Crippen LogP contribution in [0.3, 0.4) is 0 Å². The van der Waals surface area contributed by atoms with Gasteiger partial charge in [0.25, 0.3) is 0 Å². The summed E-state index contributed by atoms with van der Waals surface area (Å²) in [6, 6.07) is 0. The van der Waals surface area contributed by atoms with E-state index in [1.165, 1.54) is 6.42 Å². The highest BCUT2D eigenvalue weighted by Crippen LogP contribution is 2.68. The van der Waals surface area contributed by atoms with Gasteiger partial charge in [-0.05, 0) is 23.7 Å². The molecule has 0 saturated heterocycles. The third-order valence-corrected chi connectivity index (χ3v) is 3.94. The average Bonchev–Trinajstić information content (AvgIpc) is 2.57. The first-order chi connectivity index (χ1) is 5.08. The highest BCUT2D eigenvalue weighted by molar-refractivity contribution is 5.86. The number of Topliss-reactive ketones (excluding diaryl/α,β-unsaturated/α-hetero) is 1. The molecule has 0 aromatic carbocycles. The number of ketones is 1. The second-order valence-corrected chi connectivity index (χ2v) is 4.63. The number of carbonyl (C=O) groups excluding carboxylic acids is 1. The molecule has 3 atom stereocenters. The van der Waals surface area contributed by atoms with Crippen LogP contribution in [0.15, 0.2) is 0 Å². The number of hydrogen-bond donors (Lipinski definition) is 0. The molecule has 0 spiro atoms. The number of carbonyl (C=O) groups is 1. The van der Waals surface area contributed by atoms with Crippen molar-refractivity contribution in [2.75, 3.05) is 0 Å². The van der Waals surface area contributed by atoms with Crippen molar-refractivity contribution in [3.63, 3.8) is 0 Å². The largest absolute Gasteiger partial charge is 0.299 e. The van der Waals surface area contributed by atoms with Gasteiger partial charge in [-0.3, -0.25) is 4.79 Å². The maximum Gasteiger partial charge on any atom is 0.136 e. The average molecular weight is 152 g/mol. The van der Waals surface area contributed by atoms with Crippen molar-refractivity contribution < 1.29 is 4.79 Å². The van der Waals surface area contributed by atoms with Crippen LogP contribution in [0.25, 0.3) is 0 Å². The Labute approximate surface area is 68.2 Å². The minimum Gasteiger partial charge on any atom is -0.299 e. The van der Waals surface area contributed by atoms with Gasteiger partial charge in [-0.2, -0.15) is 0 Å². The maximum absolute atomic E-state index is 11.3. The molecule has 0 aromatic heterocycles. The van der Waals surface area contributed by atoms with Crippen LogP contribution in [0, 0.1) is 23.2 Å². The molecule has 0 bridgehead atoms. The van der Waals surface area contributed by atoms with Gasteiger partial charge in [-0.25, -0.2) is 0 Å². The molecule has 2 aliphatic rings. The van der Waals surface area contributed by atoms with Crippen LogP contribution in [0.1, 0.15) is 33.6 Å². The predicted octanol–water partition coefficient (Wildman–Crippen LogP) is 2.26. The van der Waals surface area contributed by atoms with E-state index in [0.717, 1.165) is 12.3 Å². The van der Waals surface area contributed by atoms with Gasteiger partial charge in [-0.15, -0.1) is 0 Å². The molecule has 2 fully saturated rings. The minimum atomic E-state index is 0.373. The molecule has 0 aliphatic heterocycles. The Morgan fingerprint density at radius 2 is 2.18 bits per heavy atom. The van der Waals surface area contributed by atoms with Crippen LogP contribution in [-0.2, 0) is 4.79 Å². The first kappa shape index (κ1) is 7.33. The maximum atomic E-state index is 11.3. The van der Waals surface area contributed by atoms with E-state index in [0.29, 0.717) is 23.0 Å². The van der Waals surface area contributed by atoms with Crippen LogP contribution < -0.4 is 0 Å². The van der Waals surface area contributed by atoms with Gasteiger partial charge in [0.15, 0.2) is 0 Å². The normalized spacial score (nSPS) is 48.2. The summed E-state index contributed by atoms with van der Waals surface area (Å²) in [6.07, 6.45) is 2.19. The molecule has 0 radical (unpaired) electrons. The zero-order valence-corrected chi connectivity index (χ0v) is 7.55. The Kier molecular flexibility index (Phi) is 1.25. The monoisotopic (exact) mass is 152 g/mol. The minimum absolute atomic E-state index is 0.373. The van der Waals surface area contributed by atoms with Crippen LogP contribution in [-0.4, -0.2) is 5.78 Å². The Morgan fingerprint density at radius 3 is 2.45 bits per heavy atom. The lowest BCUT2D eigenvalue weighted by Gasteiger charge is -2.14. The predicted molar refractivity (Wildman–Crippen MR) is 44.2 cm³/mol. The summed E-state index contributed by atoms with van der Waals surface area (Å²) in [4.78, 5) is 11.3. The molecule has 1 heteroatoms. The standard InChI is InChI=1S/C10H16O/c1-6(2)10-4-8(10)7(3)9(11)5-10/h6-8H,4-5H2,1-3H3/t7-,8?,10-/m0/s1. The highest BCUT2D eigenvalue weighted by Gasteiger charge is 2.64. The van der Waals surface area contributed by atoms with Gasteiger partial charge in [0.1, 0.15) is 5.78 Å². The van der Waals surface area contributed by atoms with E-state index < -0.39 is 0 Å². The third-order valence-electron chi connectivity index (χ3n) is 3.94. The second-order valence-electron chi connectivity index (χ2n) is 4.63. The number of rotatable bonds is 1. The highest BCUT2D eigenvalue weighted by atomic mass is 16.1. The molecule has 62 valence electrons. The van der Waals surface area contributed by atoms with E-state index >= 15 is 0 Å². The zero-order valence-electron chi connectivity index (χ0n) is 7.55. The van der Waals surface area contributed by atoms with E-state index in [1.807, 2.05) is 0 Å². The van der Waals surface area contributed by atoms with Crippen molar-refractivity contribution in [2.45, 2.75) is 33.6 Å². The zero-order chi connectivity index (χ0) is 8.22. The van der Waals surface area contributed by atoms with Gasteiger partial charge in [0, 0.05) is 12.3 Å². The van der Waals surface area contributed by atoms with Gasteiger partial charge in [0.2, 0.25) is 0 Å². The van der Waals surface area contributed by atoms with Crippen molar-refractivity contribution in [2.24, 2.45) is 23.2 Å². The quantitative estimate of drug-likeness (QED) is 0.563. The van der Waals surface area contributed by atoms with Gasteiger partial charge >= 0.3 is 0 Å². The van der Waals surface area contributed by atoms with Gasteiger partial charge in [-0.1, -0.05) is 20.8 Å². The van der Waals surface area contributed by atoms with Crippen molar-refractivity contribution in [3.05, 3.63) is 0 Å². The number of fused-ring (bicyclic) bond motifs is 1. The topological polar surface area (TPSA) is 17.1 Å². The van der Waals surface area contributed by atoms with Gasteiger partial charge in [0.05, 0.1) is 0 Å². The molecule has 2 rings (SSSR count). The summed E-state index contributed by atoms with van der Waals surface area (Å²) >= 11 is 0. The first-order valence-electron chi connectivity index (χ1n) is 4.60. The Morgan fingerprint density at radius 1 is 1.55 bits per heavy atom. The van der Waals surface area contributed by atoms with Crippen LogP contribution in [0.4, 0.5) is 0 Å².